The number of aliphatic hydroxyl groups excluding tert-OH is 1. The first-order valence-corrected chi connectivity index (χ1v) is 19.8. The minimum atomic E-state index is -4.39. The van der Waals surface area contributed by atoms with Crippen LogP contribution in [0.4, 0.5) is 5.82 Å². The molecular formula is C39H41N5O5S3. The number of nitrogens with zero attached hydrogens (tertiary/aromatic N) is 4. The maximum Gasteiger partial charge on any atom is 0.304 e. The van der Waals surface area contributed by atoms with E-state index in [9.17, 15) is 18.1 Å². The van der Waals surface area contributed by atoms with Crippen molar-refractivity contribution in [3.63, 3.8) is 0 Å². The summed E-state index contributed by atoms with van der Waals surface area (Å²) in [5, 5.41) is 19.4. The molecule has 52 heavy (non-hydrogen) atoms. The van der Waals surface area contributed by atoms with Gasteiger partial charge in [0.05, 0.1) is 33.7 Å². The maximum absolute atomic E-state index is 12.1. The van der Waals surface area contributed by atoms with Gasteiger partial charge in [0.2, 0.25) is 0 Å². The number of aryl methyl sites for hydroxylation is 5. The number of rotatable bonds is 9. The Balaban J connectivity index is 0.000000514. The molecule has 0 aliphatic carbocycles. The van der Waals surface area contributed by atoms with Crippen molar-refractivity contribution in [2.24, 2.45) is 0 Å². The van der Waals surface area contributed by atoms with Crippen molar-refractivity contribution in [1.29, 1.82) is 0 Å². The lowest BCUT2D eigenvalue weighted by Gasteiger charge is -2.13. The van der Waals surface area contributed by atoms with Gasteiger partial charge in [-0.05, 0) is 94.5 Å². The summed E-state index contributed by atoms with van der Waals surface area (Å²) >= 11 is 2.76. The first kappa shape index (κ1) is 37.1. The average Bonchev–Trinajstić information content (AvgIpc) is 3.86. The van der Waals surface area contributed by atoms with Crippen LogP contribution in [0.15, 0.2) is 75.5 Å². The van der Waals surface area contributed by atoms with Crippen LogP contribution in [0.1, 0.15) is 54.7 Å². The largest absolute Gasteiger partial charge is 0.396 e. The third-order valence-corrected chi connectivity index (χ3v) is 12.3. The molecule has 7 aromatic rings. The molecule has 0 atom stereocenters. The van der Waals surface area contributed by atoms with E-state index >= 15 is 0 Å². The van der Waals surface area contributed by atoms with Crippen LogP contribution in [0.3, 0.4) is 0 Å². The zero-order valence-electron chi connectivity index (χ0n) is 29.9. The smallest absolute Gasteiger partial charge is 0.304 e. The molecule has 0 aliphatic rings. The Hall–Kier alpha value is -4.66. The number of anilines is 1. The summed E-state index contributed by atoms with van der Waals surface area (Å²) in [6.45, 7) is 12.1. The highest BCUT2D eigenvalue weighted by Crippen LogP contribution is 2.38. The van der Waals surface area contributed by atoms with Crippen LogP contribution in [0.25, 0.3) is 32.6 Å². The van der Waals surface area contributed by atoms with Gasteiger partial charge in [0, 0.05) is 39.6 Å². The summed E-state index contributed by atoms with van der Waals surface area (Å²) < 4.78 is 40.8. The van der Waals surface area contributed by atoms with Gasteiger partial charge < -0.3 is 15.4 Å². The molecule has 0 bridgehead atoms. The van der Waals surface area contributed by atoms with Gasteiger partial charge in [-0.2, -0.15) is 13.5 Å². The summed E-state index contributed by atoms with van der Waals surface area (Å²) in [5.41, 5.74) is 15.4. The molecule has 4 N–H and O–H groups in total. The van der Waals surface area contributed by atoms with E-state index in [2.05, 4.69) is 61.5 Å². The third kappa shape index (κ3) is 8.03. The second-order valence-corrected chi connectivity index (χ2v) is 17.1. The molecule has 10 nitrogen and oxygen atoms in total. The third-order valence-electron chi connectivity index (χ3n) is 8.86. The lowest BCUT2D eigenvalue weighted by Crippen LogP contribution is -2.05. The first-order chi connectivity index (χ1) is 24.7. The van der Waals surface area contributed by atoms with Gasteiger partial charge in [-0.15, -0.1) is 22.7 Å². The number of pyridine rings is 1. The van der Waals surface area contributed by atoms with Gasteiger partial charge >= 0.3 is 10.1 Å². The molecule has 0 aliphatic heterocycles. The molecule has 7 rings (SSSR count). The highest BCUT2D eigenvalue weighted by molar-refractivity contribution is 7.88. The summed E-state index contributed by atoms with van der Waals surface area (Å²) in [7, 11) is -4.39. The van der Waals surface area contributed by atoms with Crippen molar-refractivity contribution >= 4 is 49.5 Å². The van der Waals surface area contributed by atoms with Crippen molar-refractivity contribution in [3.8, 4) is 21.7 Å². The minimum absolute atomic E-state index is 0.0828. The molecule has 0 saturated carbocycles. The molecule has 5 aromatic heterocycles. The Morgan fingerprint density at radius 3 is 2.19 bits per heavy atom. The molecule has 0 radical (unpaired) electrons. The van der Waals surface area contributed by atoms with Gasteiger partial charge in [0.25, 0.3) is 0 Å². The van der Waals surface area contributed by atoms with E-state index in [-0.39, 0.29) is 10.8 Å². The van der Waals surface area contributed by atoms with Gasteiger partial charge in [-0.1, -0.05) is 53.2 Å². The van der Waals surface area contributed by atoms with Crippen molar-refractivity contribution in [3.05, 3.63) is 121 Å². The Morgan fingerprint density at radius 2 is 1.60 bits per heavy atom. The standard InChI is InChI=1S/C34H33N3O4S3.C5H8N2O/c1-20-5-8-24(9-6-20)17-27-18-30-32(33(35-27)31-12-7-21(2)42-31)23(4)36-37(30)19-25-10-11-28(26(16-25)13-14-38)29-15-22(3)43-34(29)44(39,40)41;1-3-4(2)8-7-5(3)6/h5-12,15-16,18,38H,13-14,17,19H2,1-4H3,(H,39,40,41);1-2H3,(H2,6,7). The fourth-order valence-electron chi connectivity index (χ4n) is 6.11. The highest BCUT2D eigenvalue weighted by atomic mass is 32.3. The SMILES string of the molecule is Cc1ccc(Cc2cc3c(c(C)nn3Cc3ccc(-c4cc(C)sc4S(=O)(=O)O)c(CCO)c3)c(-c3ccc(C)s3)n2)cc1.Cc1onc(N)c1C. The lowest BCUT2D eigenvalue weighted by molar-refractivity contribution is 0.299. The number of benzene rings is 2. The van der Waals surface area contributed by atoms with Gasteiger partial charge in [0.15, 0.2) is 10.0 Å². The van der Waals surface area contributed by atoms with Gasteiger partial charge in [-0.25, -0.2) is 0 Å². The summed E-state index contributed by atoms with van der Waals surface area (Å²) in [4.78, 5) is 8.26. The van der Waals surface area contributed by atoms with Crippen molar-refractivity contribution in [2.75, 3.05) is 12.3 Å². The second kappa shape index (κ2) is 15.1. The average molecular weight is 756 g/mol. The van der Waals surface area contributed by atoms with E-state index in [1.165, 1.54) is 16.0 Å². The van der Waals surface area contributed by atoms with E-state index < -0.39 is 10.1 Å². The van der Waals surface area contributed by atoms with E-state index in [4.69, 9.17) is 20.3 Å². The van der Waals surface area contributed by atoms with Crippen LogP contribution in [0.2, 0.25) is 0 Å². The molecule has 0 amide bonds. The normalized spacial score (nSPS) is 11.6. The fourth-order valence-corrected chi connectivity index (χ4v) is 8.98. The lowest BCUT2D eigenvalue weighted by atomic mass is 9.97. The van der Waals surface area contributed by atoms with Crippen molar-refractivity contribution in [2.45, 2.75) is 65.1 Å². The summed E-state index contributed by atoms with van der Waals surface area (Å²) in [6.07, 6.45) is 1.04. The molecule has 5 heterocycles. The molecule has 0 saturated heterocycles. The minimum Gasteiger partial charge on any atom is -0.396 e. The van der Waals surface area contributed by atoms with Crippen LogP contribution in [0.5, 0.6) is 0 Å². The monoisotopic (exact) mass is 755 g/mol. The van der Waals surface area contributed by atoms with Gasteiger partial charge in [0.1, 0.15) is 5.76 Å². The molecule has 0 fully saturated rings. The highest BCUT2D eigenvalue weighted by Gasteiger charge is 2.23. The summed E-state index contributed by atoms with van der Waals surface area (Å²) in [6, 6.07) is 22.5. The van der Waals surface area contributed by atoms with Gasteiger partial charge in [-0.3, -0.25) is 14.2 Å². The quantitative estimate of drug-likeness (QED) is 0.123. The van der Waals surface area contributed by atoms with Crippen LogP contribution in [0, 0.1) is 41.5 Å². The number of hydrogen-bond donors (Lipinski definition) is 3. The maximum atomic E-state index is 12.1. The predicted molar refractivity (Wildman–Crippen MR) is 209 cm³/mol. The number of thiophene rings is 2. The van der Waals surface area contributed by atoms with E-state index in [0.717, 1.165) is 71.5 Å². The number of aromatic nitrogens is 4. The number of fused-ring (bicyclic) bond motifs is 1. The Bertz CT molecular complexity index is 2470. The fraction of sp³-hybridized carbons (Fsp3) is 0.256. The van der Waals surface area contributed by atoms with Crippen LogP contribution >= 0.6 is 22.7 Å². The molecule has 0 unspecified atom stereocenters. The van der Waals surface area contributed by atoms with Crippen molar-refractivity contribution < 1.29 is 22.6 Å². The number of hydrogen-bond acceptors (Lipinski definition) is 10. The second-order valence-electron chi connectivity index (χ2n) is 12.9. The molecule has 0 spiro atoms. The number of nitrogens with two attached hydrogens (primary N) is 1. The Morgan fingerprint density at radius 1 is 0.865 bits per heavy atom. The van der Waals surface area contributed by atoms with Crippen LogP contribution in [-0.2, 0) is 29.5 Å². The van der Waals surface area contributed by atoms with E-state index in [0.29, 0.717) is 36.3 Å². The number of aliphatic hydroxyl groups is 1. The van der Waals surface area contributed by atoms with E-state index in [1.807, 2.05) is 50.6 Å². The zero-order valence-corrected chi connectivity index (χ0v) is 32.3. The Kier molecular flexibility index (Phi) is 10.8. The zero-order chi connectivity index (χ0) is 37.3. The van der Waals surface area contributed by atoms with Crippen LogP contribution in [-0.4, -0.2) is 44.6 Å². The molecule has 2 aromatic carbocycles. The topological polar surface area (TPSA) is 157 Å². The molecule has 13 heteroatoms. The van der Waals surface area contributed by atoms with E-state index in [1.54, 1.807) is 17.4 Å². The van der Waals surface area contributed by atoms with Crippen molar-refractivity contribution in [1.82, 2.24) is 19.9 Å². The Labute approximate surface area is 311 Å². The number of nitrogen functional groups attached to an aromatic ring is 1. The molecular weight excluding hydrogens is 715 g/mol. The first-order valence-electron chi connectivity index (χ1n) is 16.7. The predicted octanol–water partition coefficient (Wildman–Crippen LogP) is 8.42. The summed E-state index contributed by atoms with van der Waals surface area (Å²) in [5.74, 6) is 1.28. The molecule has 270 valence electrons. The van der Waals surface area contributed by atoms with Crippen LogP contribution < -0.4 is 5.73 Å².